The number of carbonyl (C=O) groups is 1. The van der Waals surface area contributed by atoms with Gasteiger partial charge in [-0.25, -0.2) is 0 Å². The number of hydrogen-bond acceptors (Lipinski definition) is 4. The highest BCUT2D eigenvalue weighted by atomic mass is 16.5. The summed E-state index contributed by atoms with van der Waals surface area (Å²) in [6.07, 6.45) is 0.500. The molecule has 0 radical (unpaired) electrons. The number of carbonyl (C=O) groups excluding carboxylic acids is 1. The van der Waals surface area contributed by atoms with E-state index in [9.17, 15) is 4.79 Å². The maximum Gasteiger partial charge on any atom is 0.199 e. The van der Waals surface area contributed by atoms with Gasteiger partial charge in [0, 0.05) is 31.4 Å². The van der Waals surface area contributed by atoms with Crippen LogP contribution in [0.1, 0.15) is 17.0 Å². The molecule has 1 aromatic heterocycles. The van der Waals surface area contributed by atoms with Crippen molar-refractivity contribution < 1.29 is 13.9 Å². The van der Waals surface area contributed by atoms with Crippen molar-refractivity contribution in [3.63, 3.8) is 0 Å². The van der Waals surface area contributed by atoms with Gasteiger partial charge in [0.05, 0.1) is 13.2 Å². The molecule has 0 N–H and O–H groups in total. The van der Waals surface area contributed by atoms with Crippen molar-refractivity contribution in [1.29, 1.82) is 0 Å². The van der Waals surface area contributed by atoms with Crippen molar-refractivity contribution in [2.75, 3.05) is 32.8 Å². The maximum atomic E-state index is 12.1. The molecule has 19 heavy (non-hydrogen) atoms. The van der Waals surface area contributed by atoms with E-state index in [4.69, 9.17) is 9.15 Å². The maximum absolute atomic E-state index is 12.1. The molecule has 1 aliphatic heterocycles. The number of fused-ring (bicyclic) bond motifs is 1. The van der Waals surface area contributed by atoms with E-state index in [0.29, 0.717) is 12.2 Å². The lowest BCUT2D eigenvalue weighted by molar-refractivity contribution is 0.0368. The molecular weight excluding hydrogens is 242 g/mol. The van der Waals surface area contributed by atoms with Gasteiger partial charge in [0.25, 0.3) is 0 Å². The van der Waals surface area contributed by atoms with Crippen LogP contribution < -0.4 is 0 Å². The average molecular weight is 259 g/mol. The van der Waals surface area contributed by atoms with E-state index in [2.05, 4.69) is 4.90 Å². The summed E-state index contributed by atoms with van der Waals surface area (Å²) in [6.45, 7) is 4.12. The van der Waals surface area contributed by atoms with E-state index in [1.807, 2.05) is 30.3 Å². The van der Waals surface area contributed by atoms with E-state index in [0.717, 1.165) is 43.8 Å². The monoisotopic (exact) mass is 259 g/mol. The number of furan rings is 1. The Hall–Kier alpha value is -1.65. The van der Waals surface area contributed by atoms with Crippen LogP contribution in [0.5, 0.6) is 0 Å². The van der Waals surface area contributed by atoms with Crippen LogP contribution >= 0.6 is 0 Å². The van der Waals surface area contributed by atoms with Crippen LogP contribution in [0.2, 0.25) is 0 Å². The topological polar surface area (TPSA) is 42.7 Å². The van der Waals surface area contributed by atoms with Gasteiger partial charge >= 0.3 is 0 Å². The van der Waals surface area contributed by atoms with Crippen molar-refractivity contribution in [3.05, 3.63) is 36.1 Å². The molecule has 100 valence electrons. The first-order valence-corrected chi connectivity index (χ1v) is 6.65. The first-order valence-electron chi connectivity index (χ1n) is 6.65. The predicted molar refractivity (Wildman–Crippen MR) is 72.4 cm³/mol. The molecule has 0 bridgehead atoms. The summed E-state index contributed by atoms with van der Waals surface area (Å²) >= 11 is 0. The van der Waals surface area contributed by atoms with Crippen molar-refractivity contribution in [3.8, 4) is 0 Å². The number of rotatable bonds is 4. The number of morpholine rings is 1. The smallest absolute Gasteiger partial charge is 0.199 e. The largest absolute Gasteiger partial charge is 0.453 e. The summed E-state index contributed by atoms with van der Waals surface area (Å²) in [5, 5.41) is 0.984. The Balaban J connectivity index is 1.63. The van der Waals surface area contributed by atoms with Crippen molar-refractivity contribution in [2.45, 2.75) is 6.42 Å². The van der Waals surface area contributed by atoms with Crippen molar-refractivity contribution in [2.24, 2.45) is 0 Å². The van der Waals surface area contributed by atoms with Crippen LogP contribution in [0.25, 0.3) is 11.0 Å². The standard InChI is InChI=1S/C15H17NO3/c17-13(5-6-16-7-9-18-10-8-16)15-11-12-3-1-2-4-14(12)19-15/h1-4,11H,5-10H2. The number of nitrogens with zero attached hydrogens (tertiary/aromatic N) is 1. The second-order valence-corrected chi connectivity index (χ2v) is 4.78. The minimum atomic E-state index is 0.0719. The third kappa shape index (κ3) is 2.85. The molecule has 0 aliphatic carbocycles. The Morgan fingerprint density at radius 3 is 2.79 bits per heavy atom. The molecule has 2 heterocycles. The minimum Gasteiger partial charge on any atom is -0.453 e. The SMILES string of the molecule is O=C(CCN1CCOCC1)c1cc2ccccc2o1. The summed E-state index contributed by atoms with van der Waals surface area (Å²) < 4.78 is 10.9. The molecule has 0 spiro atoms. The fourth-order valence-electron chi connectivity index (χ4n) is 2.33. The molecule has 1 aromatic carbocycles. The quantitative estimate of drug-likeness (QED) is 0.790. The van der Waals surface area contributed by atoms with Gasteiger partial charge in [0.1, 0.15) is 5.58 Å². The zero-order valence-corrected chi connectivity index (χ0v) is 10.8. The lowest BCUT2D eigenvalue weighted by atomic mass is 10.2. The van der Waals surface area contributed by atoms with Gasteiger partial charge in [-0.2, -0.15) is 0 Å². The molecule has 4 nitrogen and oxygen atoms in total. The second-order valence-electron chi connectivity index (χ2n) is 4.78. The molecule has 4 heteroatoms. The zero-order valence-electron chi connectivity index (χ0n) is 10.8. The van der Waals surface area contributed by atoms with Crippen LogP contribution in [0.4, 0.5) is 0 Å². The number of para-hydroxylation sites is 1. The highest BCUT2D eigenvalue weighted by Gasteiger charge is 2.15. The third-order valence-electron chi connectivity index (χ3n) is 3.46. The van der Waals surface area contributed by atoms with Gasteiger partial charge in [-0.1, -0.05) is 18.2 Å². The molecule has 0 unspecified atom stereocenters. The average Bonchev–Trinajstić information content (AvgIpc) is 2.90. The molecule has 2 aromatic rings. The Kier molecular flexibility index (Phi) is 3.62. The summed E-state index contributed by atoms with van der Waals surface area (Å²) in [4.78, 5) is 14.4. The van der Waals surface area contributed by atoms with Gasteiger partial charge in [0.15, 0.2) is 11.5 Å². The normalized spacial score (nSPS) is 16.8. The van der Waals surface area contributed by atoms with E-state index >= 15 is 0 Å². The first kappa shape index (κ1) is 12.4. The van der Waals surface area contributed by atoms with Crippen LogP contribution in [0.3, 0.4) is 0 Å². The van der Waals surface area contributed by atoms with Crippen LogP contribution in [-0.2, 0) is 4.74 Å². The summed E-state index contributed by atoms with van der Waals surface area (Å²) in [5.74, 6) is 0.539. The Morgan fingerprint density at radius 2 is 2.00 bits per heavy atom. The van der Waals surface area contributed by atoms with Crippen molar-refractivity contribution >= 4 is 16.8 Å². The summed E-state index contributed by atoms with van der Waals surface area (Å²) in [6, 6.07) is 9.52. The van der Waals surface area contributed by atoms with Crippen LogP contribution in [0, 0.1) is 0 Å². The van der Waals surface area contributed by atoms with Gasteiger partial charge in [-0.3, -0.25) is 9.69 Å². The Labute approximate surface area is 111 Å². The molecule has 1 saturated heterocycles. The van der Waals surface area contributed by atoms with Crippen LogP contribution in [0.15, 0.2) is 34.7 Å². The fraction of sp³-hybridized carbons (Fsp3) is 0.400. The van der Waals surface area contributed by atoms with Crippen molar-refractivity contribution in [1.82, 2.24) is 4.90 Å². The number of ketones is 1. The highest BCUT2D eigenvalue weighted by molar-refractivity contribution is 5.97. The Bertz CT molecular complexity index is 537. The molecule has 3 rings (SSSR count). The lowest BCUT2D eigenvalue weighted by Crippen LogP contribution is -2.37. The molecule has 0 atom stereocenters. The second kappa shape index (κ2) is 5.55. The molecular formula is C15H17NO3. The summed E-state index contributed by atoms with van der Waals surface area (Å²) in [5.41, 5.74) is 0.775. The molecule has 0 amide bonds. The van der Waals surface area contributed by atoms with E-state index < -0.39 is 0 Å². The minimum absolute atomic E-state index is 0.0719. The first-order chi connectivity index (χ1) is 9.33. The van der Waals surface area contributed by atoms with E-state index in [-0.39, 0.29) is 5.78 Å². The fourth-order valence-corrected chi connectivity index (χ4v) is 2.33. The number of hydrogen-bond donors (Lipinski definition) is 0. The number of benzene rings is 1. The van der Waals surface area contributed by atoms with Crippen LogP contribution in [-0.4, -0.2) is 43.5 Å². The number of Topliss-reactive ketones (excluding diaryl/α,β-unsaturated/α-hetero) is 1. The molecule has 1 fully saturated rings. The van der Waals surface area contributed by atoms with Gasteiger partial charge in [-0.05, 0) is 12.1 Å². The van der Waals surface area contributed by atoms with E-state index in [1.54, 1.807) is 0 Å². The third-order valence-corrected chi connectivity index (χ3v) is 3.46. The molecule has 0 saturated carbocycles. The van der Waals surface area contributed by atoms with Gasteiger partial charge in [0.2, 0.25) is 0 Å². The lowest BCUT2D eigenvalue weighted by Gasteiger charge is -2.25. The number of ether oxygens (including phenoxy) is 1. The summed E-state index contributed by atoms with van der Waals surface area (Å²) in [7, 11) is 0. The van der Waals surface area contributed by atoms with Gasteiger partial charge in [-0.15, -0.1) is 0 Å². The highest BCUT2D eigenvalue weighted by Crippen LogP contribution is 2.19. The predicted octanol–water partition coefficient (Wildman–Crippen LogP) is 2.34. The zero-order chi connectivity index (χ0) is 13.1. The Morgan fingerprint density at radius 1 is 1.21 bits per heavy atom. The molecule has 1 aliphatic rings. The van der Waals surface area contributed by atoms with Gasteiger partial charge < -0.3 is 9.15 Å². The van der Waals surface area contributed by atoms with E-state index in [1.165, 1.54) is 0 Å².